The Morgan fingerprint density at radius 1 is 1.44 bits per heavy atom. The highest BCUT2D eigenvalue weighted by Crippen LogP contribution is 2.18. The number of aromatic amines is 1. The van der Waals surface area contributed by atoms with Crippen LogP contribution in [0.15, 0.2) is 30.3 Å². The smallest absolute Gasteiger partial charge is 0.374 e. The van der Waals surface area contributed by atoms with Crippen LogP contribution in [0.4, 0.5) is 0 Å². The molecule has 2 rings (SSSR count). The summed E-state index contributed by atoms with van der Waals surface area (Å²) < 4.78 is 42.9. The lowest BCUT2D eigenvalue weighted by Crippen LogP contribution is -2.17. The third-order valence-corrected chi connectivity index (χ3v) is 2.08. The first kappa shape index (κ1) is 5.84. The van der Waals surface area contributed by atoms with Gasteiger partial charge < -0.3 is 9.72 Å². The summed E-state index contributed by atoms with van der Waals surface area (Å²) >= 11 is 0. The maximum absolute atomic E-state index is 11.6. The number of rotatable bonds is 3. The molecule has 0 fully saturated rings. The fraction of sp³-hybridized carbons (Fsp3) is 0.167. The maximum atomic E-state index is 11.6. The number of ketones is 1. The van der Waals surface area contributed by atoms with Gasteiger partial charge in [0, 0.05) is 23.5 Å². The summed E-state index contributed by atoms with van der Waals surface area (Å²) in [5.74, 6) is -1.95. The summed E-state index contributed by atoms with van der Waals surface area (Å²) in [5, 5.41) is 0.0447. The second-order valence-corrected chi connectivity index (χ2v) is 3.07. The van der Waals surface area contributed by atoms with Gasteiger partial charge >= 0.3 is 5.97 Å². The number of carbonyl (C=O) groups is 2. The van der Waals surface area contributed by atoms with Gasteiger partial charge in [0.25, 0.3) is 0 Å². The van der Waals surface area contributed by atoms with E-state index in [1.807, 2.05) is 0 Å². The molecule has 0 aliphatic heterocycles. The van der Waals surface area contributed by atoms with Crippen molar-refractivity contribution < 1.29 is 21.2 Å². The van der Waals surface area contributed by atoms with Gasteiger partial charge in [-0.1, -0.05) is 18.1 Å². The summed E-state index contributed by atoms with van der Waals surface area (Å²) in [5.41, 5.74) is 0.0889. The third-order valence-electron chi connectivity index (χ3n) is 2.08. The molecular weight excluding hydrogens is 206 g/mol. The van der Waals surface area contributed by atoms with Crippen LogP contribution in [-0.4, -0.2) is 23.8 Å². The third kappa shape index (κ3) is 1.82. The van der Waals surface area contributed by atoms with Gasteiger partial charge in [0.2, 0.25) is 5.78 Å². The topological polar surface area (TPSA) is 59.2 Å². The van der Waals surface area contributed by atoms with E-state index in [0.717, 1.165) is 7.11 Å². The minimum absolute atomic E-state index is 0.0404. The number of methoxy groups -OCH3 is 1. The van der Waals surface area contributed by atoms with Crippen LogP contribution in [0.5, 0.6) is 0 Å². The average Bonchev–Trinajstić information content (AvgIpc) is 2.79. The molecule has 1 aromatic carbocycles. The number of benzene rings is 1. The first-order valence-electron chi connectivity index (χ1n) is 6.98. The highest BCUT2D eigenvalue weighted by atomic mass is 16.5. The van der Waals surface area contributed by atoms with E-state index >= 15 is 0 Å². The number of esters is 1. The van der Waals surface area contributed by atoms with Gasteiger partial charge in [-0.05, 0) is 11.6 Å². The van der Waals surface area contributed by atoms with Crippen molar-refractivity contribution in [1.82, 2.24) is 4.98 Å². The molecule has 0 radical (unpaired) electrons. The van der Waals surface area contributed by atoms with Crippen LogP contribution in [0.1, 0.15) is 12.4 Å². The molecule has 1 aromatic heterocycles. The SMILES string of the molecule is [2H]c1[nH]c2c([2H])c([2H])c([2H])c([2H])c2c1CC(=O)C(=O)OC. The molecule has 0 atom stereocenters. The molecule has 0 bridgehead atoms. The van der Waals surface area contributed by atoms with Crippen LogP contribution in [0, 0.1) is 0 Å². The number of hydrogen-bond donors (Lipinski definition) is 1. The number of aromatic nitrogens is 1. The molecule has 0 saturated carbocycles. The zero-order valence-corrected chi connectivity index (χ0v) is 8.43. The molecule has 0 saturated heterocycles. The van der Waals surface area contributed by atoms with E-state index in [1.165, 1.54) is 0 Å². The van der Waals surface area contributed by atoms with Gasteiger partial charge in [0.1, 0.15) is 0 Å². The number of nitrogens with one attached hydrogen (secondary N) is 1. The monoisotopic (exact) mass is 222 g/mol. The Balaban J connectivity index is 2.68. The molecule has 1 N–H and O–H groups in total. The van der Waals surface area contributed by atoms with Gasteiger partial charge in [0.15, 0.2) is 0 Å². The molecular formula is C12H11NO3. The number of Topliss-reactive ketones (excluding diaryl/α,β-unsaturated/α-hetero) is 1. The van der Waals surface area contributed by atoms with Crippen molar-refractivity contribution in [2.45, 2.75) is 6.42 Å². The summed E-state index contributed by atoms with van der Waals surface area (Å²) in [6.07, 6.45) is -0.692. The minimum atomic E-state index is -1.07. The van der Waals surface area contributed by atoms with Crippen LogP contribution in [0.2, 0.25) is 0 Å². The number of para-hydroxylation sites is 1. The van der Waals surface area contributed by atoms with Crippen molar-refractivity contribution in [3.8, 4) is 0 Å². The zero-order valence-electron chi connectivity index (χ0n) is 13.4. The van der Waals surface area contributed by atoms with E-state index in [4.69, 9.17) is 6.85 Å². The molecule has 0 spiro atoms. The van der Waals surface area contributed by atoms with E-state index in [2.05, 4.69) is 9.72 Å². The van der Waals surface area contributed by atoms with Gasteiger partial charge in [-0.25, -0.2) is 4.79 Å². The molecule has 2 aromatic rings. The Morgan fingerprint density at radius 2 is 2.19 bits per heavy atom. The van der Waals surface area contributed by atoms with Crippen molar-refractivity contribution in [2.75, 3.05) is 7.11 Å². The van der Waals surface area contributed by atoms with Crippen molar-refractivity contribution in [3.63, 3.8) is 0 Å². The van der Waals surface area contributed by atoms with Crippen LogP contribution in [0.25, 0.3) is 10.9 Å². The Bertz CT molecular complexity index is 768. The summed E-state index contributed by atoms with van der Waals surface area (Å²) in [6, 6.07) is -1.57. The molecule has 1 heterocycles. The standard InChI is InChI=1S/C12H11NO3/c1-16-12(15)11(14)6-8-7-13-10-5-3-2-4-9(8)10/h2-5,7,13H,6H2,1H3/i2D,3D,4D,5D,7D. The van der Waals surface area contributed by atoms with E-state index in [0.29, 0.717) is 0 Å². The average molecular weight is 222 g/mol. The quantitative estimate of drug-likeness (QED) is 0.631. The number of hydrogen-bond acceptors (Lipinski definition) is 3. The largest absolute Gasteiger partial charge is 0.463 e. The molecule has 4 nitrogen and oxygen atoms in total. The number of fused-ring (bicyclic) bond motifs is 1. The number of ether oxygens (including phenoxy) is 1. The van der Waals surface area contributed by atoms with E-state index < -0.39 is 30.3 Å². The van der Waals surface area contributed by atoms with Crippen LogP contribution >= 0.6 is 0 Å². The van der Waals surface area contributed by atoms with Crippen molar-refractivity contribution in [1.29, 1.82) is 0 Å². The summed E-state index contributed by atoms with van der Waals surface area (Å²) in [4.78, 5) is 25.3. The highest BCUT2D eigenvalue weighted by Gasteiger charge is 2.16. The predicted octanol–water partition coefficient (Wildman–Crippen LogP) is 1.45. The summed E-state index contributed by atoms with van der Waals surface area (Å²) in [7, 11) is 1.06. The maximum Gasteiger partial charge on any atom is 0.374 e. The Labute approximate surface area is 99.2 Å². The van der Waals surface area contributed by atoms with Gasteiger partial charge in [-0.3, -0.25) is 4.79 Å². The fourth-order valence-corrected chi connectivity index (χ4v) is 1.31. The van der Waals surface area contributed by atoms with Gasteiger partial charge in [-0.2, -0.15) is 0 Å². The van der Waals surface area contributed by atoms with E-state index in [1.54, 1.807) is 0 Å². The Hall–Kier alpha value is -2.10. The second-order valence-electron chi connectivity index (χ2n) is 3.07. The zero-order chi connectivity index (χ0) is 15.9. The van der Waals surface area contributed by atoms with E-state index in [9.17, 15) is 9.59 Å². The van der Waals surface area contributed by atoms with Crippen LogP contribution in [0.3, 0.4) is 0 Å². The molecule has 0 aliphatic rings. The predicted molar refractivity (Wildman–Crippen MR) is 59.0 cm³/mol. The molecule has 16 heavy (non-hydrogen) atoms. The first-order valence-corrected chi connectivity index (χ1v) is 4.48. The molecule has 0 amide bonds. The molecule has 82 valence electrons. The molecule has 0 aliphatic carbocycles. The van der Waals surface area contributed by atoms with Crippen LogP contribution < -0.4 is 0 Å². The lowest BCUT2D eigenvalue weighted by Gasteiger charge is -1.97. The molecule has 0 unspecified atom stereocenters. The minimum Gasteiger partial charge on any atom is -0.463 e. The highest BCUT2D eigenvalue weighted by molar-refractivity contribution is 6.34. The van der Waals surface area contributed by atoms with Crippen molar-refractivity contribution >= 4 is 22.7 Å². The number of carbonyl (C=O) groups excluding carboxylic acids is 2. The molecule has 4 heteroatoms. The second kappa shape index (κ2) is 4.18. The van der Waals surface area contributed by atoms with Crippen molar-refractivity contribution in [3.05, 3.63) is 35.9 Å². The van der Waals surface area contributed by atoms with Gasteiger partial charge in [0.05, 0.1) is 14.0 Å². The van der Waals surface area contributed by atoms with Crippen LogP contribution in [-0.2, 0) is 20.7 Å². The Morgan fingerprint density at radius 3 is 2.94 bits per heavy atom. The first-order chi connectivity index (χ1) is 9.79. The lowest BCUT2D eigenvalue weighted by atomic mass is 10.1. The lowest BCUT2D eigenvalue weighted by molar-refractivity contribution is -0.151. The van der Waals surface area contributed by atoms with Gasteiger partial charge in [-0.15, -0.1) is 0 Å². The fourth-order valence-electron chi connectivity index (χ4n) is 1.31. The Kier molecular flexibility index (Phi) is 1.53. The normalized spacial score (nSPS) is 14.7. The van der Waals surface area contributed by atoms with Crippen molar-refractivity contribution in [2.24, 2.45) is 0 Å². The summed E-state index contributed by atoms with van der Waals surface area (Å²) in [6.45, 7) is 0. The van der Waals surface area contributed by atoms with E-state index in [-0.39, 0.29) is 34.7 Å². The number of H-pyrrole nitrogens is 1.